The lowest BCUT2D eigenvalue weighted by molar-refractivity contribution is -0.129. The van der Waals surface area contributed by atoms with E-state index in [-0.39, 0.29) is 11.2 Å². The zero-order chi connectivity index (χ0) is 17.0. The van der Waals surface area contributed by atoms with Crippen LogP contribution in [-0.2, 0) is 4.79 Å². The summed E-state index contributed by atoms with van der Waals surface area (Å²) in [6.07, 6.45) is 0. The van der Waals surface area contributed by atoms with E-state index in [1.54, 1.807) is 4.90 Å². The second-order valence-corrected chi connectivity index (χ2v) is 6.62. The summed E-state index contributed by atoms with van der Waals surface area (Å²) >= 11 is 1.33. The molecule has 1 heterocycles. The molecule has 124 valence electrons. The third-order valence-electron chi connectivity index (χ3n) is 3.68. The van der Waals surface area contributed by atoms with Gasteiger partial charge in [-0.05, 0) is 27.7 Å². The van der Waals surface area contributed by atoms with E-state index in [1.807, 2.05) is 52.0 Å². The first-order valence-corrected chi connectivity index (χ1v) is 8.58. The van der Waals surface area contributed by atoms with Crippen molar-refractivity contribution >= 4 is 17.7 Å². The molecule has 0 aliphatic carbocycles. The predicted octanol–water partition coefficient (Wildman–Crippen LogP) is 2.32. The molecule has 0 aliphatic heterocycles. The molecule has 0 saturated heterocycles. The lowest BCUT2D eigenvalue weighted by Crippen LogP contribution is -2.36. The fraction of sp³-hybridized carbons (Fsp3) is 0.438. The summed E-state index contributed by atoms with van der Waals surface area (Å²) in [7, 11) is 0. The second kappa shape index (κ2) is 7.50. The molecule has 7 heteroatoms. The molecular weight excluding hydrogens is 310 g/mol. The van der Waals surface area contributed by atoms with Gasteiger partial charge in [0.05, 0.1) is 5.25 Å². The lowest BCUT2D eigenvalue weighted by Gasteiger charge is -2.22. The van der Waals surface area contributed by atoms with Crippen LogP contribution in [0.3, 0.4) is 0 Å². The van der Waals surface area contributed by atoms with Crippen molar-refractivity contribution in [3.05, 3.63) is 29.8 Å². The number of nitrogen functional groups attached to an aromatic ring is 1. The molecule has 0 aliphatic rings. The Hall–Kier alpha value is -2.02. The zero-order valence-electron chi connectivity index (χ0n) is 14.0. The summed E-state index contributed by atoms with van der Waals surface area (Å²) in [5, 5.41) is 8.56. The van der Waals surface area contributed by atoms with Gasteiger partial charge < -0.3 is 10.7 Å². The summed E-state index contributed by atoms with van der Waals surface area (Å²) in [5.74, 6) is 6.78. The lowest BCUT2D eigenvalue weighted by atomic mass is 10.1. The number of aryl methyl sites for hydroxylation is 1. The number of aromatic nitrogens is 3. The molecule has 1 aromatic heterocycles. The largest absolute Gasteiger partial charge is 0.342 e. The maximum atomic E-state index is 12.3. The number of carbonyl (C=O) groups excluding carboxylic acids is 1. The number of amides is 1. The minimum absolute atomic E-state index is 0.0832. The molecule has 0 bridgehead atoms. The number of hydrogen-bond acceptors (Lipinski definition) is 5. The SMILES string of the molecule is CCN(CC)C(=O)C(C)Sc1nnc(-c2ccc(C)cc2)n1N. The average molecular weight is 333 g/mol. The van der Waals surface area contributed by atoms with Gasteiger partial charge in [0, 0.05) is 18.7 Å². The van der Waals surface area contributed by atoms with Gasteiger partial charge in [-0.15, -0.1) is 10.2 Å². The topological polar surface area (TPSA) is 77.0 Å². The monoisotopic (exact) mass is 333 g/mol. The van der Waals surface area contributed by atoms with E-state index in [0.717, 1.165) is 5.56 Å². The Labute approximate surface area is 141 Å². The number of carbonyl (C=O) groups is 1. The van der Waals surface area contributed by atoms with Crippen LogP contribution in [0.5, 0.6) is 0 Å². The summed E-state index contributed by atoms with van der Waals surface area (Å²) in [6, 6.07) is 7.93. The van der Waals surface area contributed by atoms with E-state index >= 15 is 0 Å². The van der Waals surface area contributed by atoms with Gasteiger partial charge in [0.2, 0.25) is 11.1 Å². The Morgan fingerprint density at radius 1 is 1.26 bits per heavy atom. The molecule has 2 rings (SSSR count). The van der Waals surface area contributed by atoms with E-state index in [0.29, 0.717) is 24.1 Å². The van der Waals surface area contributed by atoms with Gasteiger partial charge >= 0.3 is 0 Å². The summed E-state index contributed by atoms with van der Waals surface area (Å²) < 4.78 is 1.45. The molecule has 1 aromatic carbocycles. The van der Waals surface area contributed by atoms with Crippen LogP contribution >= 0.6 is 11.8 Å². The Kier molecular flexibility index (Phi) is 5.65. The Morgan fingerprint density at radius 2 is 1.87 bits per heavy atom. The van der Waals surface area contributed by atoms with Gasteiger partial charge in [-0.1, -0.05) is 41.6 Å². The van der Waals surface area contributed by atoms with Crippen molar-refractivity contribution in [2.24, 2.45) is 0 Å². The van der Waals surface area contributed by atoms with Crippen LogP contribution in [-0.4, -0.2) is 44.0 Å². The average Bonchev–Trinajstić information content (AvgIpc) is 2.90. The molecule has 1 amide bonds. The molecule has 0 spiro atoms. The van der Waals surface area contributed by atoms with Gasteiger partial charge in [-0.3, -0.25) is 4.79 Å². The molecule has 6 nitrogen and oxygen atoms in total. The highest BCUT2D eigenvalue weighted by atomic mass is 32.2. The van der Waals surface area contributed by atoms with Crippen molar-refractivity contribution in [3.63, 3.8) is 0 Å². The van der Waals surface area contributed by atoms with Crippen LogP contribution in [0, 0.1) is 6.92 Å². The molecule has 1 atom stereocenters. The Morgan fingerprint density at radius 3 is 2.43 bits per heavy atom. The summed E-state index contributed by atoms with van der Waals surface area (Å²) in [4.78, 5) is 14.1. The van der Waals surface area contributed by atoms with Crippen LogP contribution < -0.4 is 5.84 Å². The molecule has 23 heavy (non-hydrogen) atoms. The van der Waals surface area contributed by atoms with E-state index in [2.05, 4.69) is 10.2 Å². The highest BCUT2D eigenvalue weighted by Gasteiger charge is 2.22. The number of benzene rings is 1. The van der Waals surface area contributed by atoms with Gasteiger partial charge in [0.15, 0.2) is 5.82 Å². The van der Waals surface area contributed by atoms with Gasteiger partial charge in [0.25, 0.3) is 0 Å². The van der Waals surface area contributed by atoms with Gasteiger partial charge in [0.1, 0.15) is 0 Å². The van der Waals surface area contributed by atoms with E-state index in [4.69, 9.17) is 5.84 Å². The van der Waals surface area contributed by atoms with Crippen LogP contribution in [0.25, 0.3) is 11.4 Å². The quantitative estimate of drug-likeness (QED) is 0.648. The van der Waals surface area contributed by atoms with Gasteiger partial charge in [-0.2, -0.15) is 0 Å². The molecule has 1 unspecified atom stereocenters. The fourth-order valence-electron chi connectivity index (χ4n) is 2.26. The smallest absolute Gasteiger partial charge is 0.235 e. The Balaban J connectivity index is 2.16. The number of nitrogens with two attached hydrogens (primary N) is 1. The highest BCUT2D eigenvalue weighted by molar-refractivity contribution is 8.00. The van der Waals surface area contributed by atoms with Crippen LogP contribution in [0.4, 0.5) is 0 Å². The van der Waals surface area contributed by atoms with E-state index in [9.17, 15) is 4.79 Å². The predicted molar refractivity (Wildman–Crippen MR) is 93.6 cm³/mol. The maximum absolute atomic E-state index is 12.3. The van der Waals surface area contributed by atoms with Crippen molar-refractivity contribution in [1.29, 1.82) is 0 Å². The van der Waals surface area contributed by atoms with Crippen molar-refractivity contribution in [2.45, 2.75) is 38.1 Å². The molecule has 0 radical (unpaired) electrons. The first kappa shape index (κ1) is 17.3. The maximum Gasteiger partial charge on any atom is 0.235 e. The minimum Gasteiger partial charge on any atom is -0.342 e. The van der Waals surface area contributed by atoms with Crippen molar-refractivity contribution in [2.75, 3.05) is 18.9 Å². The summed E-state index contributed by atoms with van der Waals surface area (Å²) in [6.45, 7) is 9.23. The number of thioether (sulfide) groups is 1. The normalized spacial score (nSPS) is 12.2. The fourth-order valence-corrected chi connectivity index (χ4v) is 3.11. The van der Waals surface area contributed by atoms with E-state index in [1.165, 1.54) is 22.0 Å². The minimum atomic E-state index is -0.257. The van der Waals surface area contributed by atoms with Crippen LogP contribution in [0.1, 0.15) is 26.3 Å². The molecule has 0 saturated carbocycles. The van der Waals surface area contributed by atoms with Crippen LogP contribution in [0.15, 0.2) is 29.4 Å². The number of rotatable bonds is 6. The first-order chi connectivity index (χ1) is 11.0. The highest BCUT2D eigenvalue weighted by Crippen LogP contribution is 2.25. The number of nitrogens with zero attached hydrogens (tertiary/aromatic N) is 4. The molecule has 0 fully saturated rings. The van der Waals surface area contributed by atoms with Crippen molar-refractivity contribution in [3.8, 4) is 11.4 Å². The standard InChI is InChI=1S/C16H23N5OS/c1-5-20(6-2)15(22)12(4)23-16-19-18-14(21(16)17)13-9-7-11(3)8-10-13/h7-10,12H,5-6,17H2,1-4H3. The number of hydrogen-bond donors (Lipinski definition) is 1. The van der Waals surface area contributed by atoms with Crippen molar-refractivity contribution in [1.82, 2.24) is 19.8 Å². The molecule has 2 N–H and O–H groups in total. The van der Waals surface area contributed by atoms with Crippen molar-refractivity contribution < 1.29 is 4.79 Å². The Bertz CT molecular complexity index is 664. The molecular formula is C16H23N5OS. The third-order valence-corrected chi connectivity index (χ3v) is 4.72. The summed E-state index contributed by atoms with van der Waals surface area (Å²) in [5.41, 5.74) is 2.07. The third kappa shape index (κ3) is 3.85. The first-order valence-electron chi connectivity index (χ1n) is 7.70. The molecule has 2 aromatic rings. The second-order valence-electron chi connectivity index (χ2n) is 5.31. The van der Waals surface area contributed by atoms with E-state index < -0.39 is 0 Å². The zero-order valence-corrected chi connectivity index (χ0v) is 14.8. The van der Waals surface area contributed by atoms with Gasteiger partial charge in [-0.25, -0.2) is 4.68 Å². The van der Waals surface area contributed by atoms with Crippen LogP contribution in [0.2, 0.25) is 0 Å².